The molecule has 0 spiro atoms. The minimum absolute atomic E-state index is 0.00162. The van der Waals surface area contributed by atoms with Gasteiger partial charge in [-0.05, 0) is 6.07 Å². The Bertz CT molecular complexity index is 476. The molecule has 0 fully saturated rings. The third-order valence-corrected chi connectivity index (χ3v) is 1.98. The molecule has 0 aliphatic heterocycles. The van der Waals surface area contributed by atoms with Crippen LogP contribution in [0, 0.1) is 0 Å². The van der Waals surface area contributed by atoms with Gasteiger partial charge in [-0.1, -0.05) is 11.6 Å². The van der Waals surface area contributed by atoms with Gasteiger partial charge in [-0.15, -0.1) is 0 Å². The molecule has 0 aromatic carbocycles. The fourth-order valence-electron chi connectivity index (χ4n) is 1.06. The predicted octanol–water partition coefficient (Wildman–Crippen LogP) is 2.63. The lowest BCUT2D eigenvalue weighted by Gasteiger charge is -2.00. The van der Waals surface area contributed by atoms with Crippen LogP contribution < -0.4 is 0 Å². The average molecular weight is 222 g/mol. The Kier molecular flexibility index (Phi) is 1.88. The fraction of sp³-hybridized carbons (Fsp3) is 0.143. The van der Waals surface area contributed by atoms with Gasteiger partial charge in [-0.3, -0.25) is 0 Å². The zero-order valence-corrected chi connectivity index (χ0v) is 7.32. The highest BCUT2D eigenvalue weighted by molar-refractivity contribution is 6.33. The second-order valence-electron chi connectivity index (χ2n) is 2.61. The van der Waals surface area contributed by atoms with Crippen LogP contribution in [0.4, 0.5) is 13.2 Å². The molecule has 0 amide bonds. The summed E-state index contributed by atoms with van der Waals surface area (Å²) in [7, 11) is 0. The number of aromatic nitrogens is 3. The molecule has 74 valence electrons. The summed E-state index contributed by atoms with van der Waals surface area (Å²) in [5, 5.41) is 0.170. The van der Waals surface area contributed by atoms with Crippen LogP contribution in [-0.4, -0.2) is 15.0 Å². The fourth-order valence-corrected chi connectivity index (χ4v) is 1.25. The van der Waals surface area contributed by atoms with Gasteiger partial charge in [0.2, 0.25) is 0 Å². The molecule has 0 unspecified atom stereocenters. The van der Waals surface area contributed by atoms with Crippen molar-refractivity contribution in [2.75, 3.05) is 0 Å². The van der Waals surface area contributed by atoms with Crippen molar-refractivity contribution in [1.82, 2.24) is 15.0 Å². The quantitative estimate of drug-likeness (QED) is 0.695. The number of nitrogens with zero attached hydrogens (tertiary/aromatic N) is 2. The third-order valence-electron chi connectivity index (χ3n) is 1.68. The van der Waals surface area contributed by atoms with Crippen molar-refractivity contribution in [1.29, 1.82) is 0 Å². The number of rotatable bonds is 0. The van der Waals surface area contributed by atoms with Gasteiger partial charge in [-0.2, -0.15) is 13.2 Å². The molecule has 0 aliphatic carbocycles. The number of halogens is 4. The lowest BCUT2D eigenvalue weighted by molar-refractivity contribution is -0.140. The summed E-state index contributed by atoms with van der Waals surface area (Å²) < 4.78 is 36.7. The first-order valence-electron chi connectivity index (χ1n) is 3.55. The Morgan fingerprint density at radius 3 is 2.57 bits per heavy atom. The number of fused-ring (bicyclic) bond motifs is 1. The average Bonchev–Trinajstić information content (AvgIpc) is 2.48. The molecule has 7 heteroatoms. The molecule has 1 N–H and O–H groups in total. The smallest absolute Gasteiger partial charge is 0.336 e. The normalized spacial score (nSPS) is 12.3. The van der Waals surface area contributed by atoms with Crippen LogP contribution in [0.1, 0.15) is 5.69 Å². The van der Waals surface area contributed by atoms with Gasteiger partial charge in [0, 0.05) is 0 Å². The van der Waals surface area contributed by atoms with Crippen LogP contribution in [-0.2, 0) is 6.18 Å². The molecule has 0 aliphatic rings. The van der Waals surface area contributed by atoms with Crippen LogP contribution in [0.25, 0.3) is 11.0 Å². The molecule has 0 saturated heterocycles. The number of hydrogen-bond donors (Lipinski definition) is 1. The van der Waals surface area contributed by atoms with Crippen molar-refractivity contribution >= 4 is 22.6 Å². The molecule has 2 rings (SSSR count). The van der Waals surface area contributed by atoms with Crippen LogP contribution in [0.5, 0.6) is 0 Å². The molecule has 2 aromatic heterocycles. The zero-order chi connectivity index (χ0) is 10.3. The highest BCUT2D eigenvalue weighted by atomic mass is 35.5. The first-order valence-corrected chi connectivity index (χ1v) is 3.92. The van der Waals surface area contributed by atoms with Crippen LogP contribution >= 0.6 is 11.6 Å². The van der Waals surface area contributed by atoms with Crippen molar-refractivity contribution in [2.45, 2.75) is 6.18 Å². The topological polar surface area (TPSA) is 41.6 Å². The zero-order valence-electron chi connectivity index (χ0n) is 6.56. The van der Waals surface area contributed by atoms with E-state index >= 15 is 0 Å². The highest BCUT2D eigenvalue weighted by Gasteiger charge is 2.33. The molecule has 0 radical (unpaired) electrons. The van der Waals surface area contributed by atoms with E-state index in [1.54, 1.807) is 0 Å². The van der Waals surface area contributed by atoms with E-state index < -0.39 is 11.9 Å². The summed E-state index contributed by atoms with van der Waals surface area (Å²) in [5.74, 6) is 0. The second-order valence-corrected chi connectivity index (χ2v) is 2.97. The maximum absolute atomic E-state index is 12.2. The van der Waals surface area contributed by atoms with Crippen molar-refractivity contribution in [3.05, 3.63) is 23.2 Å². The van der Waals surface area contributed by atoms with E-state index in [1.807, 2.05) is 0 Å². The molecule has 3 nitrogen and oxygen atoms in total. The molecule has 0 bridgehead atoms. The summed E-state index contributed by atoms with van der Waals surface area (Å²) in [4.78, 5) is 9.31. The van der Waals surface area contributed by atoms with Crippen molar-refractivity contribution in [3.8, 4) is 0 Å². The van der Waals surface area contributed by atoms with Gasteiger partial charge >= 0.3 is 6.18 Å². The number of alkyl halides is 3. The summed E-state index contributed by atoms with van der Waals surface area (Å²) in [6.07, 6.45) is -3.33. The Hall–Kier alpha value is -1.30. The lowest BCUT2D eigenvalue weighted by atomic mass is 10.3. The van der Waals surface area contributed by atoms with E-state index in [0.29, 0.717) is 0 Å². The summed E-state index contributed by atoms with van der Waals surface area (Å²) in [6, 6.07) is 0.887. The van der Waals surface area contributed by atoms with Crippen LogP contribution in [0.3, 0.4) is 0 Å². The van der Waals surface area contributed by atoms with Gasteiger partial charge in [0.25, 0.3) is 0 Å². The standard InChI is InChI=1S/C7H3ClF3N3/c8-5-3-1-4(7(9,10)11)14-6(3)13-2-12-5/h1-2H,(H,12,13,14). The summed E-state index contributed by atoms with van der Waals surface area (Å²) >= 11 is 5.58. The lowest BCUT2D eigenvalue weighted by Crippen LogP contribution is -2.04. The number of nitrogens with one attached hydrogen (secondary N) is 1. The van der Waals surface area contributed by atoms with E-state index in [4.69, 9.17) is 11.6 Å². The Morgan fingerprint density at radius 1 is 1.29 bits per heavy atom. The minimum atomic E-state index is -4.43. The molecule has 2 aromatic rings. The second kappa shape index (κ2) is 2.84. The van der Waals surface area contributed by atoms with Crippen molar-refractivity contribution in [2.24, 2.45) is 0 Å². The van der Waals surface area contributed by atoms with Crippen LogP contribution in [0.2, 0.25) is 5.15 Å². The summed E-state index contributed by atoms with van der Waals surface area (Å²) in [5.41, 5.74) is -0.799. The van der Waals surface area contributed by atoms with Gasteiger partial charge in [0.05, 0.1) is 5.39 Å². The molecular formula is C7H3ClF3N3. The SMILES string of the molecule is FC(F)(F)c1cc2c(Cl)ncnc2[nH]1. The third kappa shape index (κ3) is 1.41. The van der Waals surface area contributed by atoms with Gasteiger partial charge in [0.15, 0.2) is 0 Å². The Balaban J connectivity index is 2.69. The van der Waals surface area contributed by atoms with E-state index in [0.717, 1.165) is 12.4 Å². The maximum Gasteiger partial charge on any atom is 0.431 e. The van der Waals surface area contributed by atoms with E-state index in [-0.39, 0.29) is 16.2 Å². The van der Waals surface area contributed by atoms with Gasteiger partial charge in [0.1, 0.15) is 22.8 Å². The molecule has 2 heterocycles. The van der Waals surface area contributed by atoms with E-state index in [1.165, 1.54) is 0 Å². The number of hydrogen-bond acceptors (Lipinski definition) is 2. The molecule has 14 heavy (non-hydrogen) atoms. The summed E-state index contributed by atoms with van der Waals surface area (Å²) in [6.45, 7) is 0. The maximum atomic E-state index is 12.2. The number of H-pyrrole nitrogens is 1. The first-order chi connectivity index (χ1) is 6.48. The molecule has 0 saturated carbocycles. The Labute approximate surface area is 80.9 Å². The first kappa shape index (κ1) is 9.26. The van der Waals surface area contributed by atoms with Gasteiger partial charge in [-0.25, -0.2) is 9.97 Å². The van der Waals surface area contributed by atoms with Crippen molar-refractivity contribution < 1.29 is 13.2 Å². The predicted molar refractivity (Wildman–Crippen MR) is 43.9 cm³/mol. The van der Waals surface area contributed by atoms with E-state index in [9.17, 15) is 13.2 Å². The molecular weight excluding hydrogens is 219 g/mol. The van der Waals surface area contributed by atoms with Crippen LogP contribution in [0.15, 0.2) is 12.4 Å². The largest absolute Gasteiger partial charge is 0.431 e. The highest BCUT2D eigenvalue weighted by Crippen LogP contribution is 2.31. The molecule has 0 atom stereocenters. The monoisotopic (exact) mass is 221 g/mol. The van der Waals surface area contributed by atoms with E-state index in [2.05, 4.69) is 15.0 Å². The number of aromatic amines is 1. The Morgan fingerprint density at radius 2 is 2.00 bits per heavy atom. The van der Waals surface area contributed by atoms with Crippen molar-refractivity contribution in [3.63, 3.8) is 0 Å². The van der Waals surface area contributed by atoms with Gasteiger partial charge < -0.3 is 4.98 Å². The minimum Gasteiger partial charge on any atom is -0.336 e.